The molecule has 1 aromatic rings. The van der Waals surface area contributed by atoms with Crippen molar-refractivity contribution in [3.05, 3.63) is 29.8 Å². The van der Waals surface area contributed by atoms with Gasteiger partial charge in [0.05, 0.1) is 11.6 Å². The molecule has 6 heteroatoms. The Hall–Kier alpha value is -1.56. The first kappa shape index (κ1) is 13.9. The van der Waals surface area contributed by atoms with Gasteiger partial charge in [-0.3, -0.25) is 0 Å². The second kappa shape index (κ2) is 5.21. The molecule has 2 atom stereocenters. The van der Waals surface area contributed by atoms with Gasteiger partial charge in [-0.2, -0.15) is 13.2 Å². The average molecular weight is 272 g/mol. The van der Waals surface area contributed by atoms with E-state index >= 15 is 0 Å². The van der Waals surface area contributed by atoms with Crippen LogP contribution in [0.5, 0.6) is 0 Å². The van der Waals surface area contributed by atoms with Crippen molar-refractivity contribution in [3.63, 3.8) is 0 Å². The number of aldehydes is 1. The van der Waals surface area contributed by atoms with Crippen molar-refractivity contribution in [2.45, 2.75) is 25.2 Å². The lowest BCUT2D eigenvalue weighted by Crippen LogP contribution is -2.57. The molecule has 1 heterocycles. The smallest absolute Gasteiger partial charge is 0.366 e. The summed E-state index contributed by atoms with van der Waals surface area (Å²) in [6, 6.07) is 4.68. The van der Waals surface area contributed by atoms with Gasteiger partial charge in [-0.15, -0.1) is 0 Å². The minimum Gasteiger partial charge on any atom is -0.366 e. The summed E-state index contributed by atoms with van der Waals surface area (Å²) < 4.78 is 38.1. The molecule has 2 rings (SSSR count). The molecule has 0 spiro atoms. The number of hydrogen-bond acceptors (Lipinski definition) is 3. The van der Waals surface area contributed by atoms with E-state index in [0.717, 1.165) is 18.4 Å². The topological polar surface area (TPSA) is 32.3 Å². The van der Waals surface area contributed by atoms with Crippen molar-refractivity contribution >= 4 is 12.0 Å². The van der Waals surface area contributed by atoms with E-state index in [2.05, 4.69) is 5.32 Å². The summed E-state index contributed by atoms with van der Waals surface area (Å²) in [5, 5.41) is 3.03. The Kier molecular flexibility index (Phi) is 3.80. The second-order valence-corrected chi connectivity index (χ2v) is 4.60. The molecule has 1 aliphatic heterocycles. The highest BCUT2D eigenvalue weighted by molar-refractivity contribution is 5.62. The summed E-state index contributed by atoms with van der Waals surface area (Å²) in [6.07, 6.45) is -3.55. The number of nitrogens with zero attached hydrogens (tertiary/aromatic N) is 1. The van der Waals surface area contributed by atoms with Crippen LogP contribution in [0.1, 0.15) is 12.5 Å². The van der Waals surface area contributed by atoms with Crippen molar-refractivity contribution in [1.29, 1.82) is 0 Å². The van der Waals surface area contributed by atoms with Crippen LogP contribution in [0.4, 0.5) is 18.9 Å². The van der Waals surface area contributed by atoms with Gasteiger partial charge in [-0.1, -0.05) is 6.07 Å². The number of alkyl halides is 3. The maximum atomic E-state index is 12.7. The van der Waals surface area contributed by atoms with Gasteiger partial charge in [0.15, 0.2) is 0 Å². The van der Waals surface area contributed by atoms with E-state index in [1.54, 1.807) is 6.07 Å². The highest BCUT2D eigenvalue weighted by Gasteiger charge is 2.32. The minimum atomic E-state index is -4.35. The van der Waals surface area contributed by atoms with Gasteiger partial charge in [0.1, 0.15) is 6.29 Å². The van der Waals surface area contributed by atoms with Crippen LogP contribution in [-0.2, 0) is 11.0 Å². The zero-order valence-corrected chi connectivity index (χ0v) is 10.4. The summed E-state index contributed by atoms with van der Waals surface area (Å²) in [4.78, 5) is 12.7. The van der Waals surface area contributed by atoms with Crippen LogP contribution in [0.15, 0.2) is 24.3 Å². The molecular formula is C13H15F3N2O. The monoisotopic (exact) mass is 272 g/mol. The van der Waals surface area contributed by atoms with Crippen LogP contribution in [0.2, 0.25) is 0 Å². The molecule has 1 saturated heterocycles. The molecule has 104 valence electrons. The fraction of sp³-hybridized carbons (Fsp3) is 0.462. The van der Waals surface area contributed by atoms with Crippen molar-refractivity contribution < 1.29 is 18.0 Å². The van der Waals surface area contributed by atoms with E-state index < -0.39 is 11.7 Å². The predicted octanol–water partition coefficient (Wildman–Crippen LogP) is 2.07. The maximum absolute atomic E-state index is 12.7. The van der Waals surface area contributed by atoms with E-state index in [-0.39, 0.29) is 12.1 Å². The number of hydrogen-bond donors (Lipinski definition) is 1. The van der Waals surface area contributed by atoms with E-state index in [9.17, 15) is 18.0 Å². The Balaban J connectivity index is 2.28. The Morgan fingerprint density at radius 3 is 2.79 bits per heavy atom. The lowest BCUT2D eigenvalue weighted by Gasteiger charge is -2.39. The lowest BCUT2D eigenvalue weighted by atomic mass is 10.0. The van der Waals surface area contributed by atoms with Gasteiger partial charge in [-0.05, 0) is 25.1 Å². The van der Waals surface area contributed by atoms with Crippen molar-refractivity contribution in [3.8, 4) is 0 Å². The lowest BCUT2D eigenvalue weighted by molar-refractivity contribution is -0.137. The third-order valence-corrected chi connectivity index (χ3v) is 3.40. The fourth-order valence-electron chi connectivity index (χ4n) is 2.31. The van der Waals surface area contributed by atoms with Crippen LogP contribution in [0.3, 0.4) is 0 Å². The van der Waals surface area contributed by atoms with Gasteiger partial charge in [0, 0.05) is 24.8 Å². The summed E-state index contributed by atoms with van der Waals surface area (Å²) in [5.41, 5.74) is -0.172. The van der Waals surface area contributed by atoms with Crippen LogP contribution >= 0.6 is 0 Å². The van der Waals surface area contributed by atoms with E-state index in [1.165, 1.54) is 6.07 Å². The van der Waals surface area contributed by atoms with Gasteiger partial charge < -0.3 is 15.0 Å². The summed E-state index contributed by atoms with van der Waals surface area (Å²) >= 11 is 0. The van der Waals surface area contributed by atoms with Crippen molar-refractivity contribution in [1.82, 2.24) is 5.32 Å². The predicted molar refractivity (Wildman–Crippen MR) is 66.1 cm³/mol. The quantitative estimate of drug-likeness (QED) is 0.837. The highest BCUT2D eigenvalue weighted by Crippen LogP contribution is 2.32. The normalized spacial score (nSPS) is 24.3. The largest absolute Gasteiger partial charge is 0.416 e. The van der Waals surface area contributed by atoms with Gasteiger partial charge in [0.2, 0.25) is 0 Å². The number of halogens is 3. The number of carbonyl (C=O) groups is 1. The van der Waals surface area contributed by atoms with Crippen LogP contribution in [0.25, 0.3) is 0 Å². The number of carbonyl (C=O) groups excluding carboxylic acids is 1. The molecule has 2 unspecified atom stereocenters. The average Bonchev–Trinajstić information content (AvgIpc) is 2.38. The van der Waals surface area contributed by atoms with Crippen LogP contribution in [0, 0.1) is 0 Å². The molecule has 0 amide bonds. The first-order valence-electron chi connectivity index (χ1n) is 6.06. The van der Waals surface area contributed by atoms with Crippen molar-refractivity contribution in [2.24, 2.45) is 0 Å². The first-order chi connectivity index (χ1) is 8.93. The Morgan fingerprint density at radius 1 is 1.42 bits per heavy atom. The zero-order valence-electron chi connectivity index (χ0n) is 10.4. The van der Waals surface area contributed by atoms with Crippen LogP contribution < -0.4 is 10.2 Å². The van der Waals surface area contributed by atoms with Gasteiger partial charge >= 0.3 is 6.18 Å². The molecule has 19 heavy (non-hydrogen) atoms. The SMILES string of the molecule is CC1C(C=O)NCCN1c1cccc(C(F)(F)F)c1. The van der Waals surface area contributed by atoms with E-state index in [0.29, 0.717) is 18.8 Å². The number of benzene rings is 1. The molecule has 1 fully saturated rings. The number of piperazine rings is 1. The molecule has 1 aliphatic rings. The third-order valence-electron chi connectivity index (χ3n) is 3.40. The first-order valence-corrected chi connectivity index (χ1v) is 6.06. The Labute approximate surface area is 109 Å². The summed E-state index contributed by atoms with van der Waals surface area (Å²) in [6.45, 7) is 2.97. The van der Waals surface area contributed by atoms with E-state index in [1.807, 2.05) is 11.8 Å². The zero-order chi connectivity index (χ0) is 14.0. The standard InChI is InChI=1S/C13H15F3N2O/c1-9-12(8-19)17-5-6-18(9)11-4-2-3-10(7-11)13(14,15)16/h2-4,7-9,12,17H,5-6H2,1H3. The molecule has 0 bridgehead atoms. The van der Waals surface area contributed by atoms with Gasteiger partial charge in [0.25, 0.3) is 0 Å². The molecule has 0 aromatic heterocycles. The summed E-state index contributed by atoms with van der Waals surface area (Å²) in [7, 11) is 0. The maximum Gasteiger partial charge on any atom is 0.416 e. The fourth-order valence-corrected chi connectivity index (χ4v) is 2.31. The van der Waals surface area contributed by atoms with E-state index in [4.69, 9.17) is 0 Å². The van der Waals surface area contributed by atoms with Gasteiger partial charge in [-0.25, -0.2) is 0 Å². The molecule has 1 aromatic carbocycles. The van der Waals surface area contributed by atoms with Crippen molar-refractivity contribution in [2.75, 3.05) is 18.0 Å². The molecule has 1 N–H and O–H groups in total. The second-order valence-electron chi connectivity index (χ2n) is 4.60. The number of anilines is 1. The molecule has 0 aliphatic carbocycles. The number of nitrogens with one attached hydrogen (secondary N) is 1. The molecule has 0 saturated carbocycles. The summed E-state index contributed by atoms with van der Waals surface area (Å²) in [5.74, 6) is 0. The Bertz CT molecular complexity index is 461. The molecule has 0 radical (unpaired) electrons. The van der Waals surface area contributed by atoms with Crippen LogP contribution in [-0.4, -0.2) is 31.5 Å². The minimum absolute atomic E-state index is 0.172. The third kappa shape index (κ3) is 2.89. The molecular weight excluding hydrogens is 257 g/mol. The molecule has 3 nitrogen and oxygen atoms in total. The Morgan fingerprint density at radius 2 is 2.16 bits per heavy atom. The highest BCUT2D eigenvalue weighted by atomic mass is 19.4. The number of rotatable bonds is 2.